The number of nitrogens with one attached hydrogen (secondary N) is 1. The second-order valence-electron chi connectivity index (χ2n) is 5.36. The summed E-state index contributed by atoms with van der Waals surface area (Å²) in [7, 11) is 1.64. The van der Waals surface area contributed by atoms with Crippen LogP contribution in [0.4, 0.5) is 4.79 Å². The van der Waals surface area contributed by atoms with Crippen LogP contribution in [0.5, 0.6) is 0 Å². The molecular formula is C14H20Cl2N4O2S. The predicted molar refractivity (Wildman–Crippen MR) is 95.0 cm³/mol. The number of thioether (sulfide) groups is 1. The van der Waals surface area contributed by atoms with Gasteiger partial charge in [0, 0.05) is 30.3 Å². The summed E-state index contributed by atoms with van der Waals surface area (Å²) in [4.78, 5) is 32.0. The van der Waals surface area contributed by atoms with Crippen molar-refractivity contribution in [2.24, 2.45) is 4.99 Å². The molecule has 0 saturated carbocycles. The number of amides is 3. The summed E-state index contributed by atoms with van der Waals surface area (Å²) in [5.74, 6) is 1.18. The number of unbranched alkanes of at least 4 members (excludes halogenated alkanes) is 1. The molecule has 2 heterocycles. The quantitative estimate of drug-likeness (QED) is 0.569. The molecule has 9 heteroatoms. The number of urea groups is 1. The zero-order valence-electron chi connectivity index (χ0n) is 13.1. The van der Waals surface area contributed by atoms with E-state index < -0.39 is 18.2 Å². The van der Waals surface area contributed by atoms with E-state index >= 15 is 0 Å². The van der Waals surface area contributed by atoms with Gasteiger partial charge in [0.15, 0.2) is 17.4 Å². The highest BCUT2D eigenvalue weighted by Gasteiger charge is 2.48. The third kappa shape index (κ3) is 4.33. The molecule has 0 aromatic rings. The smallest absolute Gasteiger partial charge is 0.325 e. The maximum atomic E-state index is 12.3. The molecule has 0 bridgehead atoms. The number of amidine groups is 1. The molecule has 1 N–H and O–H groups in total. The van der Waals surface area contributed by atoms with Gasteiger partial charge in [0.25, 0.3) is 5.91 Å². The summed E-state index contributed by atoms with van der Waals surface area (Å²) in [6.45, 7) is 2.27. The van der Waals surface area contributed by atoms with Gasteiger partial charge in [-0.15, -0.1) is 11.6 Å². The van der Waals surface area contributed by atoms with E-state index in [1.807, 2.05) is 11.0 Å². The largest absolute Gasteiger partial charge is 0.332 e. The fourth-order valence-corrected chi connectivity index (χ4v) is 3.72. The van der Waals surface area contributed by atoms with Gasteiger partial charge < -0.3 is 9.80 Å². The van der Waals surface area contributed by atoms with Gasteiger partial charge in [0.2, 0.25) is 0 Å². The third-order valence-corrected chi connectivity index (χ3v) is 5.16. The van der Waals surface area contributed by atoms with Crippen molar-refractivity contribution in [3.63, 3.8) is 0 Å². The normalized spacial score (nSPS) is 24.7. The number of aliphatic imine (C=N–C) groups is 1. The van der Waals surface area contributed by atoms with E-state index in [2.05, 4.69) is 10.3 Å². The average molecular weight is 379 g/mol. The molecule has 1 fully saturated rings. The van der Waals surface area contributed by atoms with Crippen molar-refractivity contribution < 1.29 is 9.59 Å². The number of likely N-dealkylation sites (N-methyl/N-ethyl adjacent to an activating group) is 1. The topological polar surface area (TPSA) is 65.0 Å². The molecule has 23 heavy (non-hydrogen) atoms. The molecule has 128 valence electrons. The molecule has 1 saturated heterocycles. The number of carbonyl (C=O) groups is 2. The standard InChI is InChI=1S/C14H20Cl2N4O2S/c1-9(16)5-7-20-10-11(19(2)13(22)18-12(10)21)17-14(20)23-8-4-3-6-15/h5,10-11H,3-4,6-8H2,1-2H3,(H,18,21,22)/b9-5-. The Hall–Kier alpha value is -0.920. The maximum absolute atomic E-state index is 12.3. The molecule has 0 aromatic carbocycles. The van der Waals surface area contributed by atoms with Crippen molar-refractivity contribution in [3.8, 4) is 0 Å². The summed E-state index contributed by atoms with van der Waals surface area (Å²) < 4.78 is 0. The van der Waals surface area contributed by atoms with Crippen LogP contribution in [0, 0.1) is 0 Å². The van der Waals surface area contributed by atoms with Gasteiger partial charge >= 0.3 is 6.03 Å². The van der Waals surface area contributed by atoms with Crippen molar-refractivity contribution in [1.29, 1.82) is 0 Å². The van der Waals surface area contributed by atoms with E-state index in [1.165, 1.54) is 4.90 Å². The molecule has 3 amide bonds. The van der Waals surface area contributed by atoms with Gasteiger partial charge in [-0.1, -0.05) is 29.4 Å². The van der Waals surface area contributed by atoms with E-state index in [-0.39, 0.29) is 5.91 Å². The Kier molecular flexibility index (Phi) is 6.61. The summed E-state index contributed by atoms with van der Waals surface area (Å²) >= 11 is 13.2. The highest BCUT2D eigenvalue weighted by atomic mass is 35.5. The van der Waals surface area contributed by atoms with Gasteiger partial charge in [-0.25, -0.2) is 9.79 Å². The highest BCUT2D eigenvalue weighted by molar-refractivity contribution is 8.13. The van der Waals surface area contributed by atoms with Gasteiger partial charge in [-0.05, 0) is 19.8 Å². The Morgan fingerprint density at radius 2 is 2.17 bits per heavy atom. The van der Waals surface area contributed by atoms with Crippen LogP contribution in [0.1, 0.15) is 19.8 Å². The summed E-state index contributed by atoms with van der Waals surface area (Å²) in [5, 5.41) is 3.79. The molecular weight excluding hydrogens is 359 g/mol. The number of rotatable bonds is 6. The zero-order valence-corrected chi connectivity index (χ0v) is 15.4. The first-order valence-corrected chi connectivity index (χ1v) is 9.28. The van der Waals surface area contributed by atoms with Crippen molar-refractivity contribution in [1.82, 2.24) is 15.1 Å². The number of hydrogen-bond acceptors (Lipinski definition) is 5. The van der Waals surface area contributed by atoms with Crippen LogP contribution in [-0.2, 0) is 4.79 Å². The molecule has 2 aliphatic heterocycles. The number of hydrogen-bond donors (Lipinski definition) is 1. The van der Waals surface area contributed by atoms with E-state index in [4.69, 9.17) is 23.2 Å². The van der Waals surface area contributed by atoms with Crippen molar-refractivity contribution >= 4 is 52.1 Å². The first-order valence-electron chi connectivity index (χ1n) is 7.39. The average Bonchev–Trinajstić information content (AvgIpc) is 2.86. The summed E-state index contributed by atoms with van der Waals surface area (Å²) in [5.41, 5.74) is 0. The van der Waals surface area contributed by atoms with Crippen LogP contribution >= 0.6 is 35.0 Å². The van der Waals surface area contributed by atoms with Crippen LogP contribution < -0.4 is 5.32 Å². The molecule has 0 radical (unpaired) electrons. The van der Waals surface area contributed by atoms with E-state index in [0.29, 0.717) is 17.5 Å². The Labute approximate surface area is 150 Å². The monoisotopic (exact) mass is 378 g/mol. The highest BCUT2D eigenvalue weighted by Crippen LogP contribution is 2.29. The van der Waals surface area contributed by atoms with Crippen LogP contribution in [0.2, 0.25) is 0 Å². The minimum absolute atomic E-state index is 0.321. The second-order valence-corrected chi connectivity index (χ2v) is 7.40. The fraction of sp³-hybridized carbons (Fsp3) is 0.643. The molecule has 0 aromatic heterocycles. The lowest BCUT2D eigenvalue weighted by Crippen LogP contribution is -2.63. The first-order chi connectivity index (χ1) is 11.0. The third-order valence-electron chi connectivity index (χ3n) is 3.65. The minimum Gasteiger partial charge on any atom is -0.332 e. The molecule has 2 rings (SSSR count). The van der Waals surface area contributed by atoms with E-state index in [1.54, 1.807) is 25.7 Å². The number of alkyl halides is 1. The van der Waals surface area contributed by atoms with Gasteiger partial charge in [0.05, 0.1) is 0 Å². The summed E-state index contributed by atoms with van der Waals surface area (Å²) in [6, 6.07) is -0.933. The Bertz CT molecular complexity index is 537. The van der Waals surface area contributed by atoms with E-state index in [9.17, 15) is 9.59 Å². The number of carbonyl (C=O) groups excluding carboxylic acids is 2. The lowest BCUT2D eigenvalue weighted by molar-refractivity contribution is -0.126. The van der Waals surface area contributed by atoms with Crippen molar-refractivity contribution in [2.45, 2.75) is 32.0 Å². The molecule has 0 spiro atoms. The summed E-state index contributed by atoms with van der Waals surface area (Å²) in [6.07, 6.45) is 3.26. The lowest BCUT2D eigenvalue weighted by Gasteiger charge is -2.35. The van der Waals surface area contributed by atoms with Crippen LogP contribution in [0.25, 0.3) is 0 Å². The SMILES string of the molecule is C/C(Cl)=C/CN1C(SCCCCCl)=NC2C1C(=O)NC(=O)N2C. The molecule has 2 aliphatic rings. The predicted octanol–water partition coefficient (Wildman–Crippen LogP) is 2.43. The molecule has 2 unspecified atom stereocenters. The Balaban J connectivity index is 2.16. The minimum atomic E-state index is -0.513. The molecule has 6 nitrogen and oxygen atoms in total. The van der Waals surface area contributed by atoms with Crippen molar-refractivity contribution in [3.05, 3.63) is 11.1 Å². The first kappa shape index (κ1) is 18.4. The maximum Gasteiger partial charge on any atom is 0.325 e. The molecule has 0 aliphatic carbocycles. The van der Waals surface area contributed by atoms with Crippen molar-refractivity contribution in [2.75, 3.05) is 25.2 Å². The Morgan fingerprint density at radius 3 is 2.83 bits per heavy atom. The van der Waals surface area contributed by atoms with Gasteiger partial charge in [-0.3, -0.25) is 10.1 Å². The number of imide groups is 1. The van der Waals surface area contributed by atoms with Gasteiger partial charge in [-0.2, -0.15) is 0 Å². The van der Waals surface area contributed by atoms with Crippen LogP contribution in [-0.4, -0.2) is 64.3 Å². The van der Waals surface area contributed by atoms with Gasteiger partial charge in [0.1, 0.15) is 0 Å². The fourth-order valence-electron chi connectivity index (χ4n) is 2.40. The zero-order chi connectivity index (χ0) is 17.0. The lowest BCUT2D eigenvalue weighted by atomic mass is 10.1. The molecule has 2 atom stereocenters. The second kappa shape index (κ2) is 8.26. The van der Waals surface area contributed by atoms with Crippen LogP contribution in [0.15, 0.2) is 16.1 Å². The van der Waals surface area contributed by atoms with Crippen LogP contribution in [0.3, 0.4) is 0 Å². The number of nitrogens with zero attached hydrogens (tertiary/aromatic N) is 3. The number of halogens is 2. The van der Waals surface area contributed by atoms with E-state index in [0.717, 1.165) is 23.8 Å². The number of allylic oxidation sites excluding steroid dienone is 1. The Morgan fingerprint density at radius 1 is 1.43 bits per heavy atom. The number of fused-ring (bicyclic) bond motifs is 1.